The second-order valence-electron chi connectivity index (χ2n) is 5.98. The molecule has 2 aliphatic rings. The maximum absolute atomic E-state index is 6.13. The Hall–Kier alpha value is -0.120. The Kier molecular flexibility index (Phi) is 5.93. The molecule has 3 nitrogen and oxygen atoms in total. The molecule has 2 saturated heterocycles. The van der Waals surface area contributed by atoms with Crippen molar-refractivity contribution in [2.45, 2.75) is 58.2 Å². The summed E-state index contributed by atoms with van der Waals surface area (Å²) in [6.07, 6.45) is 7.40. The molecule has 2 fully saturated rings. The van der Waals surface area contributed by atoms with Gasteiger partial charge in [0.1, 0.15) is 0 Å². The molecule has 0 radical (unpaired) electrons. The third-order valence-electron chi connectivity index (χ3n) is 4.40. The minimum absolute atomic E-state index is 0.464. The quantitative estimate of drug-likeness (QED) is 0.705. The van der Waals surface area contributed by atoms with Gasteiger partial charge in [0.25, 0.3) is 0 Å². The Balaban J connectivity index is 1.61. The van der Waals surface area contributed by atoms with Gasteiger partial charge in [-0.3, -0.25) is 0 Å². The highest BCUT2D eigenvalue weighted by atomic mass is 16.5. The maximum atomic E-state index is 6.13. The zero-order valence-corrected chi connectivity index (χ0v) is 12.2. The van der Waals surface area contributed by atoms with Crippen LogP contribution in [0.4, 0.5) is 0 Å². The Labute approximate surface area is 112 Å². The van der Waals surface area contributed by atoms with E-state index in [1.165, 1.54) is 51.7 Å². The molecule has 2 heterocycles. The minimum atomic E-state index is 0.464. The molecule has 0 bridgehead atoms. The number of nitrogens with one attached hydrogen (secondary N) is 1. The summed E-state index contributed by atoms with van der Waals surface area (Å²) in [4.78, 5) is 2.61. The topological polar surface area (TPSA) is 24.5 Å². The van der Waals surface area contributed by atoms with Crippen LogP contribution in [-0.2, 0) is 4.74 Å². The molecule has 0 aromatic carbocycles. The summed E-state index contributed by atoms with van der Waals surface area (Å²) in [5.74, 6) is 0.938. The molecule has 3 heteroatoms. The van der Waals surface area contributed by atoms with Crippen molar-refractivity contribution in [3.05, 3.63) is 0 Å². The number of rotatable bonds is 7. The standard InChI is InChI=1S/C15H30N2O/c1-3-8-16-10-14-5-6-15(18-14)12-17-9-7-13(4-2)11-17/h13-16H,3-12H2,1-2H3. The molecular formula is C15H30N2O. The number of likely N-dealkylation sites (tertiary alicyclic amines) is 1. The van der Waals surface area contributed by atoms with Gasteiger partial charge in [-0.05, 0) is 44.7 Å². The van der Waals surface area contributed by atoms with Gasteiger partial charge in [0.05, 0.1) is 12.2 Å². The summed E-state index contributed by atoms with van der Waals surface area (Å²) in [6, 6.07) is 0. The van der Waals surface area contributed by atoms with Crippen molar-refractivity contribution in [3.8, 4) is 0 Å². The third-order valence-corrected chi connectivity index (χ3v) is 4.40. The minimum Gasteiger partial charge on any atom is -0.372 e. The summed E-state index contributed by atoms with van der Waals surface area (Å²) in [5.41, 5.74) is 0. The van der Waals surface area contributed by atoms with Crippen LogP contribution in [0.1, 0.15) is 46.0 Å². The van der Waals surface area contributed by atoms with Gasteiger partial charge >= 0.3 is 0 Å². The summed E-state index contributed by atoms with van der Waals surface area (Å²) >= 11 is 0. The van der Waals surface area contributed by atoms with Crippen molar-refractivity contribution < 1.29 is 4.74 Å². The van der Waals surface area contributed by atoms with E-state index in [4.69, 9.17) is 4.74 Å². The van der Waals surface area contributed by atoms with Gasteiger partial charge in [0.2, 0.25) is 0 Å². The van der Waals surface area contributed by atoms with Crippen LogP contribution < -0.4 is 5.32 Å². The summed E-state index contributed by atoms with van der Waals surface area (Å²) < 4.78 is 6.13. The number of hydrogen-bond donors (Lipinski definition) is 1. The van der Waals surface area contributed by atoms with Crippen LogP contribution in [0, 0.1) is 5.92 Å². The summed E-state index contributed by atoms with van der Waals surface area (Å²) in [6.45, 7) is 10.4. The Morgan fingerprint density at radius 2 is 2.00 bits per heavy atom. The molecule has 0 amide bonds. The lowest BCUT2D eigenvalue weighted by Gasteiger charge is -2.21. The first-order valence-corrected chi connectivity index (χ1v) is 7.90. The molecule has 0 aromatic heterocycles. The van der Waals surface area contributed by atoms with Gasteiger partial charge in [-0.1, -0.05) is 20.3 Å². The maximum Gasteiger partial charge on any atom is 0.0707 e. The lowest BCUT2D eigenvalue weighted by Crippen LogP contribution is -2.33. The van der Waals surface area contributed by atoms with Crippen LogP contribution >= 0.6 is 0 Å². The van der Waals surface area contributed by atoms with Crippen molar-refractivity contribution in [3.63, 3.8) is 0 Å². The largest absolute Gasteiger partial charge is 0.372 e. The molecule has 2 aliphatic heterocycles. The third kappa shape index (κ3) is 4.22. The van der Waals surface area contributed by atoms with E-state index in [1.807, 2.05) is 0 Å². The van der Waals surface area contributed by atoms with Gasteiger partial charge in [0, 0.05) is 19.6 Å². The zero-order chi connectivity index (χ0) is 12.8. The molecule has 1 N–H and O–H groups in total. The Bertz CT molecular complexity index is 235. The fourth-order valence-electron chi connectivity index (χ4n) is 3.20. The van der Waals surface area contributed by atoms with E-state index in [1.54, 1.807) is 0 Å². The van der Waals surface area contributed by atoms with E-state index in [0.717, 1.165) is 19.0 Å². The highest BCUT2D eigenvalue weighted by Gasteiger charge is 2.29. The predicted molar refractivity (Wildman–Crippen MR) is 75.9 cm³/mol. The monoisotopic (exact) mass is 254 g/mol. The Morgan fingerprint density at radius 1 is 1.17 bits per heavy atom. The van der Waals surface area contributed by atoms with Gasteiger partial charge in [-0.25, -0.2) is 0 Å². The molecule has 106 valence electrons. The van der Waals surface area contributed by atoms with Gasteiger partial charge in [-0.15, -0.1) is 0 Å². The first-order valence-electron chi connectivity index (χ1n) is 7.90. The van der Waals surface area contributed by atoms with Gasteiger partial charge < -0.3 is 15.0 Å². The fraction of sp³-hybridized carbons (Fsp3) is 1.00. The number of ether oxygens (including phenoxy) is 1. The average Bonchev–Trinajstić information content (AvgIpc) is 3.00. The zero-order valence-electron chi connectivity index (χ0n) is 12.2. The fourth-order valence-corrected chi connectivity index (χ4v) is 3.20. The number of nitrogens with zero attached hydrogens (tertiary/aromatic N) is 1. The first-order chi connectivity index (χ1) is 8.81. The van der Waals surface area contributed by atoms with Crippen molar-refractivity contribution in [1.82, 2.24) is 10.2 Å². The smallest absolute Gasteiger partial charge is 0.0707 e. The molecule has 0 saturated carbocycles. The van der Waals surface area contributed by atoms with Crippen molar-refractivity contribution >= 4 is 0 Å². The van der Waals surface area contributed by atoms with E-state index in [2.05, 4.69) is 24.1 Å². The molecule has 2 rings (SSSR count). The van der Waals surface area contributed by atoms with E-state index < -0.39 is 0 Å². The predicted octanol–water partition coefficient (Wildman–Crippen LogP) is 2.27. The summed E-state index contributed by atoms with van der Waals surface area (Å²) in [5, 5.41) is 3.47. The SMILES string of the molecule is CCCNCC1CCC(CN2CCC(CC)C2)O1. The van der Waals surface area contributed by atoms with E-state index in [9.17, 15) is 0 Å². The van der Waals surface area contributed by atoms with E-state index >= 15 is 0 Å². The van der Waals surface area contributed by atoms with Crippen LogP contribution in [0.3, 0.4) is 0 Å². The number of hydrogen-bond acceptors (Lipinski definition) is 3. The van der Waals surface area contributed by atoms with Gasteiger partial charge in [-0.2, -0.15) is 0 Å². The van der Waals surface area contributed by atoms with Crippen molar-refractivity contribution in [2.75, 3.05) is 32.7 Å². The summed E-state index contributed by atoms with van der Waals surface area (Å²) in [7, 11) is 0. The first kappa shape index (κ1) is 14.3. The highest BCUT2D eigenvalue weighted by Crippen LogP contribution is 2.24. The molecule has 0 aromatic rings. The Morgan fingerprint density at radius 3 is 2.72 bits per heavy atom. The molecule has 0 aliphatic carbocycles. The van der Waals surface area contributed by atoms with Crippen LogP contribution in [0.15, 0.2) is 0 Å². The van der Waals surface area contributed by atoms with E-state index in [-0.39, 0.29) is 0 Å². The average molecular weight is 254 g/mol. The lowest BCUT2D eigenvalue weighted by molar-refractivity contribution is 0.0270. The molecule has 18 heavy (non-hydrogen) atoms. The molecule has 0 spiro atoms. The van der Waals surface area contributed by atoms with Crippen molar-refractivity contribution in [1.29, 1.82) is 0 Å². The highest BCUT2D eigenvalue weighted by molar-refractivity contribution is 4.81. The molecule has 3 atom stereocenters. The molecular weight excluding hydrogens is 224 g/mol. The lowest BCUT2D eigenvalue weighted by atomic mass is 10.1. The van der Waals surface area contributed by atoms with Crippen molar-refractivity contribution in [2.24, 2.45) is 5.92 Å². The normalized spacial score (nSPS) is 33.3. The van der Waals surface area contributed by atoms with Crippen LogP contribution in [-0.4, -0.2) is 49.8 Å². The molecule has 3 unspecified atom stereocenters. The van der Waals surface area contributed by atoms with Gasteiger partial charge in [0.15, 0.2) is 0 Å². The van der Waals surface area contributed by atoms with Crippen LogP contribution in [0.2, 0.25) is 0 Å². The second kappa shape index (κ2) is 7.46. The van der Waals surface area contributed by atoms with E-state index in [0.29, 0.717) is 12.2 Å². The van der Waals surface area contributed by atoms with Crippen LogP contribution in [0.5, 0.6) is 0 Å². The van der Waals surface area contributed by atoms with Crippen LogP contribution in [0.25, 0.3) is 0 Å². The second-order valence-corrected chi connectivity index (χ2v) is 5.98.